The van der Waals surface area contributed by atoms with E-state index in [1.807, 2.05) is 12.1 Å². The number of halogens is 1. The molecule has 0 saturated carbocycles. The van der Waals surface area contributed by atoms with Crippen LogP contribution in [0.1, 0.15) is 51.5 Å². The van der Waals surface area contributed by atoms with E-state index in [-0.39, 0.29) is 22.8 Å². The highest BCUT2D eigenvalue weighted by molar-refractivity contribution is 9.10. The summed E-state index contributed by atoms with van der Waals surface area (Å²) < 4.78 is 6.35. The summed E-state index contributed by atoms with van der Waals surface area (Å²) in [6.07, 6.45) is 5.60. The van der Waals surface area contributed by atoms with E-state index < -0.39 is 8.07 Å². The Labute approximate surface area is 219 Å². The maximum absolute atomic E-state index is 13.1. The van der Waals surface area contributed by atoms with Gasteiger partial charge in [0.1, 0.15) is 8.07 Å². The van der Waals surface area contributed by atoms with Crippen LogP contribution in [-0.2, 0) is 9.53 Å². The van der Waals surface area contributed by atoms with Crippen LogP contribution in [0.4, 0.5) is 0 Å². The smallest absolute Gasteiger partial charge is 0.313 e. The summed E-state index contributed by atoms with van der Waals surface area (Å²) in [6, 6.07) is 30.3. The predicted molar refractivity (Wildman–Crippen MR) is 152 cm³/mol. The molecule has 0 N–H and O–H groups in total. The van der Waals surface area contributed by atoms with Gasteiger partial charge in [-0.05, 0) is 58.3 Å². The van der Waals surface area contributed by atoms with E-state index in [1.54, 1.807) is 0 Å². The summed E-state index contributed by atoms with van der Waals surface area (Å²) in [5, 5.41) is 4.44. The van der Waals surface area contributed by atoms with Gasteiger partial charge in [0.25, 0.3) is 0 Å². The molecule has 0 aliphatic heterocycles. The SMILES string of the molecule is COC(=O)[C@@H](c1ccc(Br)cc1)[C@H]1C=C([Si](c2ccccc2)(c2ccccc2)C(C)(C)C)CCC1. The summed E-state index contributed by atoms with van der Waals surface area (Å²) in [5.41, 5.74) is 1.02. The van der Waals surface area contributed by atoms with E-state index in [2.05, 4.69) is 116 Å². The summed E-state index contributed by atoms with van der Waals surface area (Å²) in [6.45, 7) is 7.20. The molecule has 0 radical (unpaired) electrons. The van der Waals surface area contributed by atoms with E-state index in [0.717, 1.165) is 29.3 Å². The summed E-state index contributed by atoms with van der Waals surface area (Å²) >= 11 is 3.53. The van der Waals surface area contributed by atoms with Gasteiger partial charge in [-0.3, -0.25) is 4.79 Å². The molecule has 35 heavy (non-hydrogen) atoms. The molecule has 3 aromatic rings. The lowest BCUT2D eigenvalue weighted by Gasteiger charge is -2.47. The number of carbonyl (C=O) groups excluding carboxylic acids is 1. The first-order valence-corrected chi connectivity index (χ1v) is 15.2. The Morgan fingerprint density at radius 2 is 1.46 bits per heavy atom. The second-order valence-corrected chi connectivity index (χ2v) is 16.2. The Kier molecular flexibility index (Phi) is 7.82. The molecule has 4 heteroatoms. The minimum Gasteiger partial charge on any atom is -0.469 e. The van der Waals surface area contributed by atoms with Crippen LogP contribution in [0.25, 0.3) is 0 Å². The molecule has 2 atom stereocenters. The van der Waals surface area contributed by atoms with Crippen LogP contribution in [0.3, 0.4) is 0 Å². The number of rotatable bonds is 6. The molecule has 0 aromatic heterocycles. The molecule has 3 aromatic carbocycles. The lowest BCUT2D eigenvalue weighted by molar-refractivity contribution is -0.143. The van der Waals surface area contributed by atoms with Crippen LogP contribution < -0.4 is 10.4 Å². The number of hydrogen-bond donors (Lipinski definition) is 0. The van der Waals surface area contributed by atoms with Gasteiger partial charge in [0, 0.05) is 4.47 Å². The van der Waals surface area contributed by atoms with Crippen molar-refractivity contribution in [2.45, 2.75) is 51.0 Å². The molecule has 2 nitrogen and oxygen atoms in total. The normalized spacial score (nSPS) is 17.4. The van der Waals surface area contributed by atoms with Crippen LogP contribution in [0.2, 0.25) is 5.04 Å². The Hall–Kier alpha value is -2.43. The zero-order valence-corrected chi connectivity index (χ0v) is 23.7. The number of methoxy groups -OCH3 is 1. The van der Waals surface area contributed by atoms with Gasteiger partial charge in [-0.25, -0.2) is 0 Å². The minimum atomic E-state index is -2.39. The van der Waals surface area contributed by atoms with Gasteiger partial charge >= 0.3 is 5.97 Å². The van der Waals surface area contributed by atoms with Gasteiger partial charge in [0.15, 0.2) is 0 Å². The zero-order chi connectivity index (χ0) is 25.1. The first-order chi connectivity index (χ1) is 16.8. The Morgan fingerprint density at radius 1 is 0.914 bits per heavy atom. The lowest BCUT2D eigenvalue weighted by atomic mass is 9.80. The third kappa shape index (κ3) is 4.96. The largest absolute Gasteiger partial charge is 0.469 e. The number of ether oxygens (including phenoxy) is 1. The second-order valence-electron chi connectivity index (χ2n) is 10.5. The second kappa shape index (κ2) is 10.7. The van der Waals surface area contributed by atoms with E-state index in [0.29, 0.717) is 0 Å². The Bertz CT molecular complexity index is 1120. The van der Waals surface area contributed by atoms with Crippen molar-refractivity contribution >= 4 is 40.3 Å². The molecule has 0 saturated heterocycles. The van der Waals surface area contributed by atoms with Gasteiger partial charge in [0.05, 0.1) is 13.0 Å². The number of benzene rings is 3. The predicted octanol–water partition coefficient (Wildman–Crippen LogP) is 7.03. The first kappa shape index (κ1) is 25.7. The van der Waals surface area contributed by atoms with Gasteiger partial charge in [-0.1, -0.05) is 121 Å². The molecule has 0 amide bonds. The van der Waals surface area contributed by atoms with E-state index in [1.165, 1.54) is 22.7 Å². The molecule has 4 rings (SSSR count). The summed E-state index contributed by atoms with van der Waals surface area (Å²) in [5.74, 6) is -0.354. The zero-order valence-electron chi connectivity index (χ0n) is 21.1. The van der Waals surface area contributed by atoms with Crippen molar-refractivity contribution in [2.24, 2.45) is 5.92 Å². The fourth-order valence-electron chi connectivity index (χ4n) is 6.15. The highest BCUT2D eigenvalue weighted by atomic mass is 79.9. The van der Waals surface area contributed by atoms with Crippen LogP contribution in [-0.4, -0.2) is 21.2 Å². The van der Waals surface area contributed by atoms with Crippen LogP contribution in [0, 0.1) is 5.92 Å². The van der Waals surface area contributed by atoms with Crippen molar-refractivity contribution in [2.75, 3.05) is 7.11 Å². The van der Waals surface area contributed by atoms with Crippen molar-refractivity contribution in [1.29, 1.82) is 0 Å². The standard InChI is InChI=1S/C31H35BrO2Si/c1-31(2,3)35(26-13-7-5-8-14-26,27-15-9-6-10-16-27)28-17-11-12-24(22-28)29(30(33)34-4)23-18-20-25(32)21-19-23/h5-10,13-16,18-22,24,29H,11-12,17H2,1-4H3/t24-,29+/m1/s1. The Morgan fingerprint density at radius 3 is 1.94 bits per heavy atom. The van der Waals surface area contributed by atoms with E-state index in [4.69, 9.17) is 4.74 Å². The average molecular weight is 548 g/mol. The molecule has 0 heterocycles. The quantitative estimate of drug-likeness (QED) is 0.245. The van der Waals surface area contributed by atoms with Gasteiger partial charge in [0.2, 0.25) is 0 Å². The monoisotopic (exact) mass is 546 g/mol. The number of esters is 1. The topological polar surface area (TPSA) is 26.3 Å². The molecular formula is C31H35BrO2Si. The van der Waals surface area contributed by atoms with Crippen molar-refractivity contribution in [1.82, 2.24) is 0 Å². The van der Waals surface area contributed by atoms with Gasteiger partial charge < -0.3 is 4.74 Å². The molecule has 1 aliphatic rings. The van der Waals surface area contributed by atoms with Crippen LogP contribution in [0.5, 0.6) is 0 Å². The number of carbonyl (C=O) groups is 1. The fraction of sp³-hybridized carbons (Fsp3) is 0.323. The molecule has 0 unspecified atom stereocenters. The van der Waals surface area contributed by atoms with Crippen molar-refractivity contribution in [3.05, 3.63) is 106 Å². The number of allylic oxidation sites excluding steroid dienone is 2. The third-order valence-corrected chi connectivity index (χ3v) is 14.1. The molecule has 0 fully saturated rings. The minimum absolute atomic E-state index is 0.0435. The van der Waals surface area contributed by atoms with Crippen molar-refractivity contribution in [3.63, 3.8) is 0 Å². The van der Waals surface area contributed by atoms with Crippen LogP contribution in [0.15, 0.2) is 101 Å². The molecule has 0 bridgehead atoms. The Balaban J connectivity index is 1.93. The maximum atomic E-state index is 13.1. The van der Waals surface area contributed by atoms with Gasteiger partial charge in [-0.2, -0.15) is 0 Å². The fourth-order valence-corrected chi connectivity index (χ4v) is 12.6. The summed E-state index contributed by atoms with van der Waals surface area (Å²) in [4.78, 5) is 13.1. The highest BCUT2D eigenvalue weighted by Gasteiger charge is 2.51. The average Bonchev–Trinajstić information content (AvgIpc) is 2.86. The highest BCUT2D eigenvalue weighted by Crippen LogP contribution is 2.46. The summed E-state index contributed by atoms with van der Waals surface area (Å²) in [7, 11) is -0.886. The number of hydrogen-bond acceptors (Lipinski definition) is 2. The van der Waals surface area contributed by atoms with E-state index in [9.17, 15) is 4.79 Å². The third-order valence-electron chi connectivity index (χ3n) is 7.53. The van der Waals surface area contributed by atoms with Gasteiger partial charge in [-0.15, -0.1) is 0 Å². The lowest BCUT2D eigenvalue weighted by Crippen LogP contribution is -2.66. The molecule has 1 aliphatic carbocycles. The van der Waals surface area contributed by atoms with Crippen LogP contribution >= 0.6 is 15.9 Å². The molecule has 182 valence electrons. The maximum Gasteiger partial charge on any atom is 0.313 e. The first-order valence-electron chi connectivity index (χ1n) is 12.4. The molecular weight excluding hydrogens is 512 g/mol. The van der Waals surface area contributed by atoms with Crippen molar-refractivity contribution < 1.29 is 9.53 Å². The van der Waals surface area contributed by atoms with Crippen molar-refractivity contribution in [3.8, 4) is 0 Å². The molecule has 0 spiro atoms. The van der Waals surface area contributed by atoms with E-state index >= 15 is 0 Å².